The van der Waals surface area contributed by atoms with Crippen molar-refractivity contribution in [1.29, 1.82) is 0 Å². The molecule has 3 heterocycles. The summed E-state index contributed by atoms with van der Waals surface area (Å²) in [6.07, 6.45) is 3.79. The number of hydrogen-bond acceptors (Lipinski definition) is 2. The van der Waals surface area contributed by atoms with Crippen molar-refractivity contribution < 1.29 is 1.37 Å². The van der Waals surface area contributed by atoms with Crippen LogP contribution in [0.5, 0.6) is 0 Å². The molecule has 0 spiro atoms. The molecule has 0 saturated carbocycles. The molecule has 0 aromatic carbocycles. The van der Waals surface area contributed by atoms with Gasteiger partial charge in [0.2, 0.25) is 0 Å². The van der Waals surface area contributed by atoms with Gasteiger partial charge in [0, 0.05) is 23.1 Å². The first-order chi connectivity index (χ1) is 6.84. The molecule has 0 atom stereocenters. The van der Waals surface area contributed by atoms with E-state index in [-0.39, 0.29) is 6.17 Å². The van der Waals surface area contributed by atoms with Gasteiger partial charge in [-0.05, 0) is 18.2 Å². The number of pyridine rings is 2. The van der Waals surface area contributed by atoms with Gasteiger partial charge < -0.3 is 4.98 Å². The summed E-state index contributed by atoms with van der Waals surface area (Å²) in [5.41, 5.74) is 1.71. The highest BCUT2D eigenvalue weighted by Gasteiger charge is 2.02. The fourth-order valence-electron chi connectivity index (χ4n) is 1.53. The summed E-state index contributed by atoms with van der Waals surface area (Å²) in [4.78, 5) is 11.2. The quantitative estimate of drug-likeness (QED) is 0.561. The lowest BCUT2D eigenvalue weighted by molar-refractivity contribution is 1.32. The zero-order chi connectivity index (χ0) is 9.54. The van der Waals surface area contributed by atoms with E-state index in [2.05, 4.69) is 15.0 Å². The largest absolute Gasteiger partial charge is 0.338 e. The van der Waals surface area contributed by atoms with Crippen LogP contribution >= 0.6 is 0 Å². The molecular formula is C10H7N3. The summed E-state index contributed by atoms with van der Waals surface area (Å²) < 4.78 is 7.40. The maximum Gasteiger partial charge on any atom is 0.138 e. The van der Waals surface area contributed by atoms with Crippen LogP contribution in [0.25, 0.3) is 21.9 Å². The number of fused-ring (bicyclic) bond motifs is 3. The molecule has 0 amide bonds. The maximum absolute atomic E-state index is 7.40. The van der Waals surface area contributed by atoms with E-state index in [0.29, 0.717) is 0 Å². The second kappa shape index (κ2) is 2.29. The van der Waals surface area contributed by atoms with Crippen LogP contribution in [-0.2, 0) is 0 Å². The summed E-state index contributed by atoms with van der Waals surface area (Å²) in [6, 6.07) is 5.54. The first kappa shape index (κ1) is 5.70. The van der Waals surface area contributed by atoms with Gasteiger partial charge in [0.15, 0.2) is 0 Å². The molecule has 0 aliphatic carbocycles. The molecule has 0 radical (unpaired) electrons. The van der Waals surface area contributed by atoms with Gasteiger partial charge in [-0.1, -0.05) is 0 Å². The third kappa shape index (κ3) is 0.839. The Morgan fingerprint density at radius 2 is 2.31 bits per heavy atom. The SMILES string of the molecule is [2H]c1ccc2c(n1)[nH]c1cnccc12. The van der Waals surface area contributed by atoms with Crippen molar-refractivity contribution in [2.45, 2.75) is 0 Å². The average Bonchev–Trinajstić information content (AvgIpc) is 2.54. The summed E-state index contributed by atoms with van der Waals surface area (Å²) >= 11 is 0. The van der Waals surface area contributed by atoms with Crippen molar-refractivity contribution in [3.8, 4) is 0 Å². The van der Waals surface area contributed by atoms with E-state index in [9.17, 15) is 0 Å². The van der Waals surface area contributed by atoms with Crippen LogP contribution in [0.4, 0.5) is 0 Å². The van der Waals surface area contributed by atoms with Crippen LogP contribution in [0.2, 0.25) is 0 Å². The molecule has 3 aromatic rings. The molecular weight excluding hydrogens is 162 g/mol. The Morgan fingerprint density at radius 1 is 1.31 bits per heavy atom. The van der Waals surface area contributed by atoms with Crippen molar-refractivity contribution in [3.05, 3.63) is 36.8 Å². The van der Waals surface area contributed by atoms with Crippen molar-refractivity contribution in [2.24, 2.45) is 0 Å². The highest BCUT2D eigenvalue weighted by Crippen LogP contribution is 2.21. The zero-order valence-corrected chi connectivity index (χ0v) is 6.78. The Hall–Kier alpha value is -1.90. The second-order valence-corrected chi connectivity index (χ2v) is 2.88. The third-order valence-corrected chi connectivity index (χ3v) is 2.12. The molecule has 0 saturated heterocycles. The van der Waals surface area contributed by atoms with E-state index in [0.717, 1.165) is 21.9 Å². The van der Waals surface area contributed by atoms with E-state index >= 15 is 0 Å². The lowest BCUT2D eigenvalue weighted by Gasteiger charge is -1.86. The number of rotatable bonds is 0. The van der Waals surface area contributed by atoms with Gasteiger partial charge in [-0.3, -0.25) is 4.98 Å². The van der Waals surface area contributed by atoms with E-state index < -0.39 is 0 Å². The zero-order valence-electron chi connectivity index (χ0n) is 7.78. The van der Waals surface area contributed by atoms with Crippen LogP contribution in [0.1, 0.15) is 1.37 Å². The highest BCUT2D eigenvalue weighted by atomic mass is 14.9. The molecule has 3 aromatic heterocycles. The normalized spacial score (nSPS) is 12.2. The predicted octanol–water partition coefficient (Wildman–Crippen LogP) is 2.11. The molecule has 0 bridgehead atoms. The Labute approximate surface area is 75.8 Å². The lowest BCUT2D eigenvalue weighted by Crippen LogP contribution is -1.71. The van der Waals surface area contributed by atoms with E-state index in [4.69, 9.17) is 1.37 Å². The first-order valence-electron chi connectivity index (χ1n) is 4.53. The van der Waals surface area contributed by atoms with Gasteiger partial charge in [-0.15, -0.1) is 0 Å². The van der Waals surface area contributed by atoms with Crippen molar-refractivity contribution >= 4 is 21.9 Å². The monoisotopic (exact) mass is 170 g/mol. The highest BCUT2D eigenvalue weighted by molar-refractivity contribution is 6.05. The molecule has 3 heteroatoms. The van der Waals surface area contributed by atoms with Gasteiger partial charge in [-0.25, -0.2) is 4.98 Å². The average molecular weight is 170 g/mol. The van der Waals surface area contributed by atoms with Crippen LogP contribution in [0, 0.1) is 0 Å². The van der Waals surface area contributed by atoms with E-state index in [1.165, 1.54) is 0 Å². The maximum atomic E-state index is 7.40. The number of nitrogens with one attached hydrogen (secondary N) is 1. The number of H-pyrrole nitrogens is 1. The van der Waals surface area contributed by atoms with Gasteiger partial charge in [0.05, 0.1) is 13.1 Å². The summed E-state index contributed by atoms with van der Waals surface area (Å²) in [5.74, 6) is 0. The molecule has 0 unspecified atom stereocenters. The molecule has 0 aliphatic rings. The fourth-order valence-corrected chi connectivity index (χ4v) is 1.53. The Kier molecular flexibility index (Phi) is 1.00. The second-order valence-electron chi connectivity index (χ2n) is 2.88. The Bertz CT molecular complexity index is 615. The number of nitrogens with zero attached hydrogens (tertiary/aromatic N) is 2. The molecule has 1 N–H and O–H groups in total. The molecule has 3 rings (SSSR count). The first-order valence-corrected chi connectivity index (χ1v) is 4.03. The Balaban J connectivity index is 2.57. The van der Waals surface area contributed by atoms with Crippen molar-refractivity contribution in [2.75, 3.05) is 0 Å². The minimum Gasteiger partial charge on any atom is -0.338 e. The number of hydrogen-bond donors (Lipinski definition) is 1. The summed E-state index contributed by atoms with van der Waals surface area (Å²) in [5, 5.41) is 2.14. The van der Waals surface area contributed by atoms with E-state index in [1.54, 1.807) is 18.5 Å². The third-order valence-electron chi connectivity index (χ3n) is 2.12. The standard InChI is InChI=1S/C10H7N3/c1-2-8-7-3-5-11-6-9(7)13-10(8)12-4-1/h1-6H,(H,12,13)/i4D. The topological polar surface area (TPSA) is 41.6 Å². The number of aromatic amines is 1. The van der Waals surface area contributed by atoms with Crippen LogP contribution in [0.15, 0.2) is 36.8 Å². The minimum atomic E-state index is 0.275. The summed E-state index contributed by atoms with van der Waals surface area (Å²) in [6.45, 7) is 0. The number of aromatic nitrogens is 3. The van der Waals surface area contributed by atoms with Crippen molar-refractivity contribution in [3.63, 3.8) is 0 Å². The molecule has 0 aliphatic heterocycles. The molecule has 62 valence electrons. The van der Waals surface area contributed by atoms with Crippen LogP contribution in [-0.4, -0.2) is 15.0 Å². The van der Waals surface area contributed by atoms with Crippen LogP contribution in [0.3, 0.4) is 0 Å². The van der Waals surface area contributed by atoms with Gasteiger partial charge in [0.25, 0.3) is 0 Å². The summed E-state index contributed by atoms with van der Waals surface area (Å²) in [7, 11) is 0. The predicted molar refractivity (Wildman–Crippen MR) is 51.4 cm³/mol. The lowest BCUT2D eigenvalue weighted by atomic mass is 10.2. The van der Waals surface area contributed by atoms with Gasteiger partial charge >= 0.3 is 0 Å². The van der Waals surface area contributed by atoms with Gasteiger partial charge in [-0.2, -0.15) is 0 Å². The fraction of sp³-hybridized carbons (Fsp3) is 0. The molecule has 0 fully saturated rings. The van der Waals surface area contributed by atoms with Crippen molar-refractivity contribution in [1.82, 2.24) is 15.0 Å². The minimum absolute atomic E-state index is 0.275. The molecule has 13 heavy (non-hydrogen) atoms. The molecule has 3 nitrogen and oxygen atoms in total. The Morgan fingerprint density at radius 3 is 3.31 bits per heavy atom. The smallest absolute Gasteiger partial charge is 0.138 e. The van der Waals surface area contributed by atoms with Crippen LogP contribution < -0.4 is 0 Å². The van der Waals surface area contributed by atoms with Gasteiger partial charge in [0.1, 0.15) is 5.65 Å². The van der Waals surface area contributed by atoms with E-state index in [1.807, 2.05) is 12.1 Å².